The van der Waals surface area contributed by atoms with Crippen LogP contribution in [0.1, 0.15) is 59.3 Å². The molecule has 1 N–H and O–H groups in total. The number of nitrogens with zero attached hydrogens (tertiary/aromatic N) is 2. The third-order valence-corrected chi connectivity index (χ3v) is 5.41. The van der Waals surface area contributed by atoms with Gasteiger partial charge in [-0.1, -0.05) is 26.7 Å². The summed E-state index contributed by atoms with van der Waals surface area (Å²) in [4.78, 5) is 16.7. The lowest BCUT2D eigenvalue weighted by Gasteiger charge is -2.34. The van der Waals surface area contributed by atoms with Gasteiger partial charge in [0.25, 0.3) is 0 Å². The lowest BCUT2D eigenvalue weighted by atomic mass is 9.95. The summed E-state index contributed by atoms with van der Waals surface area (Å²) in [6.45, 7) is 13.1. The molecule has 1 amide bonds. The monoisotopic (exact) mass is 323 g/mol. The van der Waals surface area contributed by atoms with Crippen LogP contribution in [0, 0.1) is 11.8 Å². The van der Waals surface area contributed by atoms with Gasteiger partial charge in [0.2, 0.25) is 5.91 Å². The molecule has 2 saturated heterocycles. The highest BCUT2D eigenvalue weighted by molar-refractivity contribution is 5.78. The number of carbonyl (C=O) groups excluding carboxylic acids is 1. The van der Waals surface area contributed by atoms with Gasteiger partial charge in [-0.15, -0.1) is 0 Å². The Bertz CT molecular complexity index is 343. The van der Waals surface area contributed by atoms with Crippen LogP contribution in [0.4, 0.5) is 0 Å². The smallest absolute Gasteiger partial charge is 0.225 e. The van der Waals surface area contributed by atoms with Crippen LogP contribution in [-0.4, -0.2) is 61.0 Å². The van der Waals surface area contributed by atoms with Crippen LogP contribution >= 0.6 is 0 Å². The molecular weight excluding hydrogens is 286 g/mol. The summed E-state index contributed by atoms with van der Waals surface area (Å²) in [5.74, 6) is 1.20. The largest absolute Gasteiger partial charge is 0.342 e. The SMILES string of the molecule is CC(C)C(=O)N1CCC(CN[C@H](C)CN2CCCCCC2)CC1. The van der Waals surface area contributed by atoms with Gasteiger partial charge >= 0.3 is 0 Å². The fourth-order valence-corrected chi connectivity index (χ4v) is 3.86. The molecule has 2 heterocycles. The summed E-state index contributed by atoms with van der Waals surface area (Å²) in [6.07, 6.45) is 7.87. The standard InChI is InChI=1S/C19H37N3O/c1-16(2)19(23)22-12-8-18(9-13-22)14-20-17(3)15-21-10-6-4-5-7-11-21/h16-18,20H,4-15H2,1-3H3/t17-/m1/s1. The number of piperidine rings is 1. The Morgan fingerprint density at radius 2 is 1.61 bits per heavy atom. The van der Waals surface area contributed by atoms with Crippen LogP contribution in [-0.2, 0) is 4.79 Å². The highest BCUT2D eigenvalue weighted by Crippen LogP contribution is 2.18. The van der Waals surface area contributed by atoms with Crippen LogP contribution in [0.15, 0.2) is 0 Å². The van der Waals surface area contributed by atoms with E-state index in [9.17, 15) is 4.79 Å². The maximum Gasteiger partial charge on any atom is 0.225 e. The molecule has 0 spiro atoms. The third kappa shape index (κ3) is 6.42. The molecule has 1 atom stereocenters. The molecule has 0 aliphatic carbocycles. The minimum Gasteiger partial charge on any atom is -0.342 e. The van der Waals surface area contributed by atoms with E-state index in [1.807, 2.05) is 13.8 Å². The summed E-state index contributed by atoms with van der Waals surface area (Å²) in [6, 6.07) is 0.573. The van der Waals surface area contributed by atoms with Crippen molar-refractivity contribution >= 4 is 5.91 Å². The lowest BCUT2D eigenvalue weighted by Crippen LogP contribution is -2.45. The zero-order valence-electron chi connectivity index (χ0n) is 15.5. The van der Waals surface area contributed by atoms with Crippen molar-refractivity contribution < 1.29 is 4.79 Å². The van der Waals surface area contributed by atoms with Crippen molar-refractivity contribution in [1.29, 1.82) is 0 Å². The van der Waals surface area contributed by atoms with Crippen LogP contribution < -0.4 is 5.32 Å². The summed E-state index contributed by atoms with van der Waals surface area (Å²) >= 11 is 0. The molecule has 23 heavy (non-hydrogen) atoms. The van der Waals surface area contributed by atoms with Gasteiger partial charge in [0.15, 0.2) is 0 Å². The molecule has 2 rings (SSSR count). The molecule has 0 saturated carbocycles. The number of nitrogens with one attached hydrogen (secondary N) is 1. The zero-order valence-corrected chi connectivity index (χ0v) is 15.5. The third-order valence-electron chi connectivity index (χ3n) is 5.41. The molecule has 4 nitrogen and oxygen atoms in total. The molecule has 2 fully saturated rings. The molecule has 0 unspecified atom stereocenters. The number of likely N-dealkylation sites (tertiary alicyclic amines) is 2. The molecule has 2 aliphatic rings. The first kappa shape index (κ1) is 18.7. The zero-order chi connectivity index (χ0) is 16.7. The number of carbonyl (C=O) groups is 1. The molecule has 2 aliphatic heterocycles. The van der Waals surface area contributed by atoms with E-state index in [0.717, 1.165) is 38.4 Å². The first-order chi connectivity index (χ1) is 11.1. The molecule has 4 heteroatoms. The van der Waals surface area contributed by atoms with Crippen molar-refractivity contribution in [1.82, 2.24) is 15.1 Å². The van der Waals surface area contributed by atoms with Gasteiger partial charge in [0.1, 0.15) is 0 Å². The van der Waals surface area contributed by atoms with E-state index in [-0.39, 0.29) is 5.92 Å². The fourth-order valence-electron chi connectivity index (χ4n) is 3.86. The van der Waals surface area contributed by atoms with Crippen molar-refractivity contribution in [3.05, 3.63) is 0 Å². The first-order valence-corrected chi connectivity index (χ1v) is 9.80. The Labute approximate surface area is 143 Å². The maximum atomic E-state index is 12.0. The minimum atomic E-state index is 0.137. The van der Waals surface area contributed by atoms with Gasteiger partial charge in [0, 0.05) is 31.6 Å². The van der Waals surface area contributed by atoms with Crippen LogP contribution in [0.5, 0.6) is 0 Å². The summed E-state index contributed by atoms with van der Waals surface area (Å²) < 4.78 is 0. The predicted molar refractivity (Wildman–Crippen MR) is 96.5 cm³/mol. The van der Waals surface area contributed by atoms with Gasteiger partial charge in [-0.3, -0.25) is 4.79 Å². The van der Waals surface area contributed by atoms with Crippen molar-refractivity contribution in [2.75, 3.05) is 39.3 Å². The predicted octanol–water partition coefficient (Wildman–Crippen LogP) is 2.74. The van der Waals surface area contributed by atoms with Crippen molar-refractivity contribution in [2.45, 2.75) is 65.3 Å². The highest BCUT2D eigenvalue weighted by Gasteiger charge is 2.24. The number of hydrogen-bond acceptors (Lipinski definition) is 3. The molecule has 0 aromatic rings. The van der Waals surface area contributed by atoms with Crippen LogP contribution in [0.25, 0.3) is 0 Å². The van der Waals surface area contributed by atoms with E-state index in [4.69, 9.17) is 0 Å². The summed E-state index contributed by atoms with van der Waals surface area (Å²) in [7, 11) is 0. The number of hydrogen-bond donors (Lipinski definition) is 1. The molecular formula is C19H37N3O. The van der Waals surface area contributed by atoms with Crippen molar-refractivity contribution in [3.8, 4) is 0 Å². The fraction of sp³-hybridized carbons (Fsp3) is 0.947. The van der Waals surface area contributed by atoms with Gasteiger partial charge in [-0.2, -0.15) is 0 Å². The molecule has 0 aromatic carbocycles. The Morgan fingerprint density at radius 1 is 1.00 bits per heavy atom. The first-order valence-electron chi connectivity index (χ1n) is 9.80. The van der Waals surface area contributed by atoms with E-state index in [2.05, 4.69) is 22.0 Å². The Kier molecular flexibility index (Phi) is 7.84. The topological polar surface area (TPSA) is 35.6 Å². The second-order valence-corrected chi connectivity index (χ2v) is 7.95. The summed E-state index contributed by atoms with van der Waals surface area (Å²) in [5, 5.41) is 3.74. The second-order valence-electron chi connectivity index (χ2n) is 7.95. The Balaban J connectivity index is 1.61. The Hall–Kier alpha value is -0.610. The quantitative estimate of drug-likeness (QED) is 0.816. The van der Waals surface area contributed by atoms with Gasteiger partial charge in [-0.25, -0.2) is 0 Å². The molecule has 0 bridgehead atoms. The Morgan fingerprint density at radius 3 is 2.17 bits per heavy atom. The van der Waals surface area contributed by atoms with Crippen LogP contribution in [0.2, 0.25) is 0 Å². The number of amides is 1. The molecule has 134 valence electrons. The number of rotatable bonds is 6. The van der Waals surface area contributed by atoms with Gasteiger partial charge < -0.3 is 15.1 Å². The molecule has 0 radical (unpaired) electrons. The average molecular weight is 324 g/mol. The molecule has 0 aromatic heterocycles. The van der Waals surface area contributed by atoms with Gasteiger partial charge in [-0.05, 0) is 58.2 Å². The average Bonchev–Trinajstić information content (AvgIpc) is 2.81. The van der Waals surface area contributed by atoms with E-state index in [1.165, 1.54) is 45.3 Å². The van der Waals surface area contributed by atoms with Crippen molar-refractivity contribution in [2.24, 2.45) is 11.8 Å². The van der Waals surface area contributed by atoms with E-state index < -0.39 is 0 Å². The van der Waals surface area contributed by atoms with E-state index >= 15 is 0 Å². The van der Waals surface area contributed by atoms with Crippen molar-refractivity contribution in [3.63, 3.8) is 0 Å². The normalized spacial score (nSPS) is 23.0. The lowest BCUT2D eigenvalue weighted by molar-refractivity contribution is -0.135. The van der Waals surface area contributed by atoms with E-state index in [0.29, 0.717) is 11.9 Å². The minimum absolute atomic E-state index is 0.137. The maximum absolute atomic E-state index is 12.0. The summed E-state index contributed by atoms with van der Waals surface area (Å²) in [5.41, 5.74) is 0. The van der Waals surface area contributed by atoms with E-state index in [1.54, 1.807) is 0 Å². The highest BCUT2D eigenvalue weighted by atomic mass is 16.2. The van der Waals surface area contributed by atoms with Crippen LogP contribution in [0.3, 0.4) is 0 Å². The second kappa shape index (κ2) is 9.63. The van der Waals surface area contributed by atoms with Gasteiger partial charge in [0.05, 0.1) is 0 Å².